The number of aliphatic hydroxyl groups excluding tert-OH is 1. The molecular formula is C20H21ClFN3O4S. The zero-order chi connectivity index (χ0) is 21.7. The number of nitrogens with one attached hydrogen (secondary N) is 1. The van der Waals surface area contributed by atoms with Gasteiger partial charge >= 0.3 is 5.97 Å². The highest BCUT2D eigenvalue weighted by Crippen LogP contribution is 2.37. The van der Waals surface area contributed by atoms with Crippen LogP contribution in [0.2, 0.25) is 5.02 Å². The van der Waals surface area contributed by atoms with E-state index in [9.17, 15) is 19.4 Å². The SMILES string of the molecule is CCOC(=O)C1=C(CCCC(O)O)NC(c2nccs2)=NC1c1ccc(F)cc1Cl. The third-order valence-corrected chi connectivity index (χ3v) is 5.51. The predicted molar refractivity (Wildman–Crippen MR) is 112 cm³/mol. The number of hydrogen-bond acceptors (Lipinski definition) is 8. The monoisotopic (exact) mass is 453 g/mol. The Balaban J connectivity index is 2.09. The van der Waals surface area contributed by atoms with Gasteiger partial charge in [0, 0.05) is 27.9 Å². The van der Waals surface area contributed by atoms with Crippen LogP contribution in [-0.2, 0) is 9.53 Å². The number of esters is 1. The lowest BCUT2D eigenvalue weighted by Gasteiger charge is -2.27. The molecule has 10 heteroatoms. The molecule has 0 spiro atoms. The van der Waals surface area contributed by atoms with E-state index in [2.05, 4.69) is 15.3 Å². The van der Waals surface area contributed by atoms with Gasteiger partial charge in [-0.15, -0.1) is 11.3 Å². The van der Waals surface area contributed by atoms with Gasteiger partial charge < -0.3 is 20.3 Å². The molecule has 1 unspecified atom stereocenters. The van der Waals surface area contributed by atoms with Gasteiger partial charge in [-0.25, -0.2) is 14.2 Å². The number of ether oxygens (including phenoxy) is 1. The molecule has 0 saturated carbocycles. The van der Waals surface area contributed by atoms with Gasteiger partial charge in [0.1, 0.15) is 11.9 Å². The molecule has 3 rings (SSSR count). The quantitative estimate of drug-likeness (QED) is 0.418. The third kappa shape index (κ3) is 5.23. The molecule has 7 nitrogen and oxygen atoms in total. The first-order valence-corrected chi connectivity index (χ1v) is 10.6. The van der Waals surface area contributed by atoms with Crippen molar-refractivity contribution in [1.29, 1.82) is 0 Å². The van der Waals surface area contributed by atoms with Crippen molar-refractivity contribution in [2.75, 3.05) is 6.61 Å². The van der Waals surface area contributed by atoms with Gasteiger partial charge in [-0.1, -0.05) is 17.7 Å². The topological polar surface area (TPSA) is 104 Å². The standard InChI is InChI=1S/C20H21ClFN3O4S/c1-2-29-20(28)16-14(4-3-5-15(26)27)24-18(19-23-8-9-30-19)25-17(16)12-7-6-11(22)10-13(12)21/h6-10,15,17,26-27H,2-5H2,1H3,(H,24,25). The fourth-order valence-corrected chi connectivity index (χ4v) is 3.96. The van der Waals surface area contributed by atoms with Crippen molar-refractivity contribution in [3.05, 3.63) is 62.5 Å². The van der Waals surface area contributed by atoms with Gasteiger partial charge in [-0.3, -0.25) is 4.99 Å². The van der Waals surface area contributed by atoms with Crippen LogP contribution >= 0.6 is 22.9 Å². The summed E-state index contributed by atoms with van der Waals surface area (Å²) in [7, 11) is 0. The average molecular weight is 454 g/mol. The molecule has 2 aromatic rings. The number of carbonyl (C=O) groups is 1. The second-order valence-corrected chi connectivity index (χ2v) is 7.80. The Morgan fingerprint density at radius 2 is 2.23 bits per heavy atom. The number of aliphatic imine (C=N–C) groups is 1. The van der Waals surface area contributed by atoms with Crippen LogP contribution in [0.3, 0.4) is 0 Å². The Bertz CT molecular complexity index is 963. The number of benzene rings is 1. The number of nitrogens with zero attached hydrogens (tertiary/aromatic N) is 2. The maximum atomic E-state index is 13.6. The molecule has 1 atom stereocenters. The largest absolute Gasteiger partial charge is 0.463 e. The van der Waals surface area contributed by atoms with E-state index in [1.165, 1.54) is 29.5 Å². The Labute approximate surface area is 181 Å². The Hall–Kier alpha value is -2.33. The van der Waals surface area contributed by atoms with Crippen molar-refractivity contribution in [3.63, 3.8) is 0 Å². The number of hydrogen-bond donors (Lipinski definition) is 3. The Morgan fingerprint density at radius 3 is 2.87 bits per heavy atom. The van der Waals surface area contributed by atoms with Gasteiger partial charge in [0.15, 0.2) is 17.1 Å². The first-order chi connectivity index (χ1) is 14.4. The number of halogens is 2. The number of aliphatic hydroxyl groups is 2. The van der Waals surface area contributed by atoms with E-state index in [0.717, 1.165) is 0 Å². The third-order valence-electron chi connectivity index (χ3n) is 4.40. The number of carbonyl (C=O) groups excluding carboxylic acids is 1. The molecule has 1 aliphatic heterocycles. The summed E-state index contributed by atoms with van der Waals surface area (Å²) in [6, 6.07) is 3.09. The molecule has 3 N–H and O–H groups in total. The van der Waals surface area contributed by atoms with E-state index in [1.807, 2.05) is 0 Å². The van der Waals surface area contributed by atoms with Gasteiger partial charge in [0.2, 0.25) is 0 Å². The molecule has 0 fully saturated rings. The maximum absolute atomic E-state index is 13.6. The Kier molecular flexibility index (Phi) is 7.54. The van der Waals surface area contributed by atoms with Crippen molar-refractivity contribution in [2.45, 2.75) is 38.5 Å². The highest BCUT2D eigenvalue weighted by Gasteiger charge is 2.33. The van der Waals surface area contributed by atoms with Crippen LogP contribution in [-0.4, -0.2) is 39.9 Å². The first kappa shape index (κ1) is 22.4. The smallest absolute Gasteiger partial charge is 0.338 e. The van der Waals surface area contributed by atoms with Crippen molar-refractivity contribution in [2.24, 2.45) is 4.99 Å². The fraction of sp³-hybridized carbons (Fsp3) is 0.350. The molecule has 2 heterocycles. The number of thiazole rings is 1. The van der Waals surface area contributed by atoms with Crippen molar-refractivity contribution < 1.29 is 24.1 Å². The van der Waals surface area contributed by atoms with Crippen LogP contribution in [0.25, 0.3) is 0 Å². The van der Waals surface area contributed by atoms with Gasteiger partial charge in [-0.2, -0.15) is 0 Å². The van der Waals surface area contributed by atoms with E-state index in [-0.39, 0.29) is 23.6 Å². The van der Waals surface area contributed by atoms with E-state index >= 15 is 0 Å². The fourth-order valence-electron chi connectivity index (χ4n) is 3.10. The van der Waals surface area contributed by atoms with E-state index < -0.39 is 24.1 Å². The molecule has 0 bridgehead atoms. The summed E-state index contributed by atoms with van der Waals surface area (Å²) in [5.41, 5.74) is 1.23. The second kappa shape index (κ2) is 10.1. The van der Waals surface area contributed by atoms with Crippen LogP contribution in [0, 0.1) is 5.82 Å². The summed E-state index contributed by atoms with van der Waals surface area (Å²) < 4.78 is 18.9. The molecule has 30 heavy (non-hydrogen) atoms. The maximum Gasteiger partial charge on any atom is 0.338 e. The zero-order valence-electron chi connectivity index (χ0n) is 16.1. The van der Waals surface area contributed by atoms with Crippen LogP contribution in [0.15, 0.2) is 46.0 Å². The highest BCUT2D eigenvalue weighted by atomic mass is 35.5. The zero-order valence-corrected chi connectivity index (χ0v) is 17.7. The van der Waals surface area contributed by atoms with Crippen molar-refractivity contribution in [1.82, 2.24) is 10.3 Å². The Morgan fingerprint density at radius 1 is 1.43 bits per heavy atom. The number of rotatable bonds is 8. The van der Waals surface area contributed by atoms with Crippen LogP contribution in [0.1, 0.15) is 42.8 Å². The lowest BCUT2D eigenvalue weighted by atomic mass is 9.93. The predicted octanol–water partition coefficient (Wildman–Crippen LogP) is 3.32. The molecule has 0 saturated heterocycles. The average Bonchev–Trinajstić information content (AvgIpc) is 3.22. The van der Waals surface area contributed by atoms with Crippen LogP contribution in [0.4, 0.5) is 4.39 Å². The van der Waals surface area contributed by atoms with Crippen LogP contribution < -0.4 is 5.32 Å². The molecule has 0 amide bonds. The summed E-state index contributed by atoms with van der Waals surface area (Å²) in [5.74, 6) is -0.625. The van der Waals surface area contributed by atoms with Crippen LogP contribution in [0.5, 0.6) is 0 Å². The minimum atomic E-state index is -1.45. The number of aromatic nitrogens is 1. The van der Waals surface area contributed by atoms with Gasteiger partial charge in [0.25, 0.3) is 0 Å². The molecule has 1 aromatic carbocycles. The number of amidine groups is 1. The number of allylic oxidation sites excluding steroid dienone is 1. The van der Waals surface area contributed by atoms with E-state index in [0.29, 0.717) is 34.9 Å². The van der Waals surface area contributed by atoms with Crippen molar-refractivity contribution in [3.8, 4) is 0 Å². The summed E-state index contributed by atoms with van der Waals surface area (Å²) in [5, 5.41) is 24.0. The summed E-state index contributed by atoms with van der Waals surface area (Å²) in [6.45, 7) is 1.86. The summed E-state index contributed by atoms with van der Waals surface area (Å²) in [6.07, 6.45) is 1.06. The molecule has 160 valence electrons. The van der Waals surface area contributed by atoms with Gasteiger partial charge in [0.05, 0.1) is 12.2 Å². The summed E-state index contributed by atoms with van der Waals surface area (Å²) in [4.78, 5) is 21.8. The van der Waals surface area contributed by atoms with E-state index in [1.54, 1.807) is 18.5 Å². The van der Waals surface area contributed by atoms with E-state index in [4.69, 9.17) is 16.3 Å². The molecule has 0 aliphatic carbocycles. The minimum Gasteiger partial charge on any atom is -0.463 e. The van der Waals surface area contributed by atoms with Gasteiger partial charge in [-0.05, 0) is 38.3 Å². The molecule has 1 aliphatic rings. The second-order valence-electron chi connectivity index (χ2n) is 6.49. The normalized spacial score (nSPS) is 16.5. The van der Waals surface area contributed by atoms with Crippen molar-refractivity contribution >= 4 is 34.7 Å². The highest BCUT2D eigenvalue weighted by molar-refractivity contribution is 7.11. The summed E-state index contributed by atoms with van der Waals surface area (Å²) >= 11 is 7.66. The molecule has 0 radical (unpaired) electrons. The first-order valence-electron chi connectivity index (χ1n) is 9.36. The molecular weight excluding hydrogens is 433 g/mol. The lowest BCUT2D eigenvalue weighted by molar-refractivity contribution is -0.139. The minimum absolute atomic E-state index is 0.132. The molecule has 1 aromatic heterocycles. The lowest BCUT2D eigenvalue weighted by Crippen LogP contribution is -2.34.